The number of hydrogen-bond acceptors (Lipinski definition) is 8. The van der Waals surface area contributed by atoms with Gasteiger partial charge in [0.25, 0.3) is 11.4 Å². The first kappa shape index (κ1) is 23.3. The molecule has 0 bridgehead atoms. The Kier molecular flexibility index (Phi) is 7.55. The van der Waals surface area contributed by atoms with Crippen molar-refractivity contribution in [2.45, 2.75) is 22.6 Å². The molecule has 0 aliphatic carbocycles. The fourth-order valence-electron chi connectivity index (χ4n) is 2.49. The molecule has 0 unspecified atom stereocenters. The maximum absolute atomic E-state index is 12.2. The number of nitro benzene ring substituents is 2. The van der Waals surface area contributed by atoms with Crippen molar-refractivity contribution in [3.63, 3.8) is 0 Å². The van der Waals surface area contributed by atoms with E-state index in [0.29, 0.717) is 0 Å². The second-order valence-electron chi connectivity index (χ2n) is 5.95. The minimum absolute atomic E-state index is 0.0818. The van der Waals surface area contributed by atoms with E-state index in [1.807, 2.05) is 0 Å². The Labute approximate surface area is 172 Å². The number of sulfonamides is 2. The van der Waals surface area contributed by atoms with Gasteiger partial charge in [-0.25, -0.2) is 26.3 Å². The molecule has 12 nitrogen and oxygen atoms in total. The lowest BCUT2D eigenvalue weighted by Gasteiger charge is -2.09. The van der Waals surface area contributed by atoms with Crippen LogP contribution in [0, 0.1) is 20.2 Å². The van der Waals surface area contributed by atoms with E-state index in [1.54, 1.807) is 0 Å². The van der Waals surface area contributed by atoms with Crippen LogP contribution >= 0.6 is 0 Å². The molecule has 0 fully saturated rings. The maximum atomic E-state index is 12.2. The van der Waals surface area contributed by atoms with E-state index in [4.69, 9.17) is 0 Å². The lowest BCUT2D eigenvalue weighted by molar-refractivity contribution is -0.388. The van der Waals surface area contributed by atoms with Crippen LogP contribution in [0.25, 0.3) is 0 Å². The van der Waals surface area contributed by atoms with Gasteiger partial charge < -0.3 is 0 Å². The molecule has 0 radical (unpaired) electrons. The first-order chi connectivity index (χ1) is 14.1. The number of unbranched alkanes of at least 4 members (excludes halogenated alkanes) is 1. The van der Waals surface area contributed by atoms with E-state index in [9.17, 15) is 37.1 Å². The van der Waals surface area contributed by atoms with Gasteiger partial charge in [-0.1, -0.05) is 24.3 Å². The maximum Gasteiger partial charge on any atom is 0.289 e. The fraction of sp³-hybridized carbons (Fsp3) is 0.250. The summed E-state index contributed by atoms with van der Waals surface area (Å²) in [5.74, 6) is 0. The number of para-hydroxylation sites is 2. The minimum Gasteiger partial charge on any atom is -0.258 e. The Morgan fingerprint density at radius 2 is 1.00 bits per heavy atom. The second-order valence-corrected chi connectivity index (χ2v) is 9.42. The Morgan fingerprint density at radius 1 is 0.667 bits per heavy atom. The summed E-state index contributed by atoms with van der Waals surface area (Å²) in [7, 11) is -8.23. The molecule has 0 heterocycles. The molecule has 0 aliphatic heterocycles. The largest absolute Gasteiger partial charge is 0.289 e. The van der Waals surface area contributed by atoms with Crippen LogP contribution in [0.3, 0.4) is 0 Å². The molecule has 2 aromatic rings. The molecule has 0 aromatic heterocycles. The predicted octanol–water partition coefficient (Wildman–Crippen LogP) is 1.54. The average Bonchev–Trinajstić information content (AvgIpc) is 2.70. The lowest BCUT2D eigenvalue weighted by Crippen LogP contribution is -2.28. The third-order valence-corrected chi connectivity index (χ3v) is 6.91. The summed E-state index contributed by atoms with van der Waals surface area (Å²) in [5, 5.41) is 21.9. The summed E-state index contributed by atoms with van der Waals surface area (Å²) in [6, 6.07) is 9.79. The minimum atomic E-state index is -4.11. The highest BCUT2D eigenvalue weighted by molar-refractivity contribution is 7.90. The van der Waals surface area contributed by atoms with Crippen molar-refractivity contribution < 1.29 is 26.7 Å². The van der Waals surface area contributed by atoms with Crippen molar-refractivity contribution in [2.75, 3.05) is 13.1 Å². The monoisotopic (exact) mass is 458 g/mol. The zero-order valence-electron chi connectivity index (χ0n) is 15.4. The van der Waals surface area contributed by atoms with Crippen LogP contribution in [0.15, 0.2) is 58.3 Å². The zero-order chi connectivity index (χ0) is 22.4. The van der Waals surface area contributed by atoms with Gasteiger partial charge in [0.1, 0.15) is 0 Å². The fourth-order valence-corrected chi connectivity index (χ4v) is 4.98. The van der Waals surface area contributed by atoms with Crippen LogP contribution in [0.1, 0.15) is 12.8 Å². The third-order valence-electron chi connectivity index (χ3n) is 3.89. The van der Waals surface area contributed by atoms with E-state index in [1.165, 1.54) is 24.3 Å². The van der Waals surface area contributed by atoms with E-state index in [2.05, 4.69) is 9.44 Å². The molecule has 0 spiro atoms. The van der Waals surface area contributed by atoms with Crippen molar-refractivity contribution in [3.05, 3.63) is 68.8 Å². The highest BCUT2D eigenvalue weighted by Gasteiger charge is 2.25. The number of nitrogens with zero attached hydrogens (tertiary/aromatic N) is 2. The van der Waals surface area contributed by atoms with Crippen LogP contribution in [0.4, 0.5) is 11.4 Å². The van der Waals surface area contributed by atoms with Gasteiger partial charge in [0, 0.05) is 25.2 Å². The Bertz CT molecular complexity index is 1060. The molecule has 2 rings (SSSR count). The van der Waals surface area contributed by atoms with E-state index >= 15 is 0 Å². The van der Waals surface area contributed by atoms with Gasteiger partial charge >= 0.3 is 0 Å². The van der Waals surface area contributed by atoms with E-state index in [-0.39, 0.29) is 25.9 Å². The molecule has 30 heavy (non-hydrogen) atoms. The summed E-state index contributed by atoms with van der Waals surface area (Å²) >= 11 is 0. The van der Waals surface area contributed by atoms with Gasteiger partial charge in [-0.05, 0) is 25.0 Å². The SMILES string of the molecule is O=[N+]([O-])c1ccccc1S(=O)(=O)NCCCCNS(=O)(=O)c1ccccc1[N+](=O)[O-]. The van der Waals surface area contributed by atoms with Gasteiger partial charge in [-0.3, -0.25) is 20.2 Å². The van der Waals surface area contributed by atoms with Crippen LogP contribution < -0.4 is 9.44 Å². The first-order valence-corrected chi connectivity index (χ1v) is 11.5. The lowest BCUT2D eigenvalue weighted by atomic mass is 10.3. The number of nitro groups is 2. The molecule has 0 amide bonds. The summed E-state index contributed by atoms with van der Waals surface area (Å²) in [5.41, 5.74) is -1.11. The Balaban J connectivity index is 1.89. The van der Waals surface area contributed by atoms with Crippen molar-refractivity contribution in [2.24, 2.45) is 0 Å². The van der Waals surface area contributed by atoms with Crippen molar-refractivity contribution in [1.29, 1.82) is 0 Å². The Hall–Kier alpha value is -2.94. The third kappa shape index (κ3) is 5.79. The summed E-state index contributed by atoms with van der Waals surface area (Å²) < 4.78 is 53.4. The molecule has 0 saturated carbocycles. The van der Waals surface area contributed by atoms with E-state index < -0.39 is 51.1 Å². The van der Waals surface area contributed by atoms with Gasteiger partial charge in [0.2, 0.25) is 20.0 Å². The standard InChI is InChI=1S/C16H18N4O8S2/c21-19(22)13-7-1-3-9-15(13)29(25,26)17-11-5-6-12-18-30(27,28)16-10-4-2-8-14(16)20(23)24/h1-4,7-10,17-18H,5-6,11-12H2. The van der Waals surface area contributed by atoms with Crippen molar-refractivity contribution in [3.8, 4) is 0 Å². The molecule has 0 atom stereocenters. The first-order valence-electron chi connectivity index (χ1n) is 8.52. The van der Waals surface area contributed by atoms with Gasteiger partial charge in [0.05, 0.1) is 9.85 Å². The average molecular weight is 458 g/mol. The van der Waals surface area contributed by atoms with Crippen molar-refractivity contribution in [1.82, 2.24) is 9.44 Å². The molecular formula is C16H18N4O8S2. The van der Waals surface area contributed by atoms with Crippen LogP contribution in [0.2, 0.25) is 0 Å². The smallest absolute Gasteiger partial charge is 0.258 e. The molecular weight excluding hydrogens is 440 g/mol. The van der Waals surface area contributed by atoms with Gasteiger partial charge in [-0.2, -0.15) is 0 Å². The summed E-state index contributed by atoms with van der Waals surface area (Å²) in [4.78, 5) is 19.4. The number of benzene rings is 2. The molecule has 0 aliphatic rings. The van der Waals surface area contributed by atoms with Gasteiger partial charge in [-0.15, -0.1) is 0 Å². The summed E-state index contributed by atoms with van der Waals surface area (Å²) in [6.45, 7) is -0.164. The summed E-state index contributed by atoms with van der Waals surface area (Å²) in [6.07, 6.45) is 0.443. The quantitative estimate of drug-likeness (QED) is 0.289. The van der Waals surface area contributed by atoms with Crippen LogP contribution in [0.5, 0.6) is 0 Å². The topological polar surface area (TPSA) is 179 Å². The molecule has 2 aromatic carbocycles. The normalized spacial score (nSPS) is 11.9. The molecule has 14 heteroatoms. The van der Waals surface area contributed by atoms with Crippen LogP contribution in [-0.4, -0.2) is 39.8 Å². The molecule has 0 saturated heterocycles. The number of hydrogen-bond donors (Lipinski definition) is 2. The highest BCUT2D eigenvalue weighted by atomic mass is 32.2. The highest BCUT2D eigenvalue weighted by Crippen LogP contribution is 2.23. The predicted molar refractivity (Wildman–Crippen MR) is 106 cm³/mol. The zero-order valence-corrected chi connectivity index (χ0v) is 17.1. The van der Waals surface area contributed by atoms with Crippen LogP contribution in [-0.2, 0) is 20.0 Å². The molecule has 162 valence electrons. The van der Waals surface area contributed by atoms with E-state index in [0.717, 1.165) is 24.3 Å². The second kappa shape index (κ2) is 9.71. The van der Waals surface area contributed by atoms with Gasteiger partial charge in [0.15, 0.2) is 9.79 Å². The van der Waals surface area contributed by atoms with Crippen molar-refractivity contribution >= 4 is 31.4 Å². The number of nitrogens with one attached hydrogen (secondary N) is 2. The number of rotatable bonds is 11. The molecule has 2 N–H and O–H groups in total. The Morgan fingerprint density at radius 3 is 1.33 bits per heavy atom.